The van der Waals surface area contributed by atoms with E-state index in [2.05, 4.69) is 20.3 Å². The standard InChI is InChI=1S/C13H15FN6OS/c14-9-4-2-1-3-8(9)5-6-17-10(21)7-22-13-19-11(15)18-12(16)20-13/h1-4H,5-7H2,(H,17,21)(H4,15,16,18,19,20). The van der Waals surface area contributed by atoms with Crippen molar-refractivity contribution in [2.45, 2.75) is 11.6 Å². The molecule has 1 amide bonds. The summed E-state index contributed by atoms with van der Waals surface area (Å²) in [6, 6.07) is 6.46. The number of benzene rings is 1. The summed E-state index contributed by atoms with van der Waals surface area (Å²) in [6.07, 6.45) is 0.425. The summed E-state index contributed by atoms with van der Waals surface area (Å²) < 4.78 is 13.4. The molecule has 0 saturated heterocycles. The molecule has 1 heterocycles. The summed E-state index contributed by atoms with van der Waals surface area (Å²) >= 11 is 1.10. The molecule has 1 aromatic carbocycles. The molecule has 22 heavy (non-hydrogen) atoms. The minimum atomic E-state index is -0.276. The highest BCUT2D eigenvalue weighted by Crippen LogP contribution is 2.13. The van der Waals surface area contributed by atoms with Crippen molar-refractivity contribution in [1.82, 2.24) is 20.3 Å². The number of amides is 1. The van der Waals surface area contributed by atoms with Crippen LogP contribution in [0.2, 0.25) is 0 Å². The van der Waals surface area contributed by atoms with Gasteiger partial charge in [0.1, 0.15) is 5.82 Å². The van der Waals surface area contributed by atoms with Gasteiger partial charge in [0.2, 0.25) is 17.8 Å². The van der Waals surface area contributed by atoms with Gasteiger partial charge in [-0.1, -0.05) is 30.0 Å². The van der Waals surface area contributed by atoms with Crippen molar-refractivity contribution in [3.63, 3.8) is 0 Å². The van der Waals surface area contributed by atoms with Gasteiger partial charge in [0.05, 0.1) is 5.75 Å². The van der Waals surface area contributed by atoms with Gasteiger partial charge in [0.25, 0.3) is 0 Å². The molecule has 116 valence electrons. The van der Waals surface area contributed by atoms with Gasteiger partial charge in [-0.2, -0.15) is 15.0 Å². The van der Waals surface area contributed by atoms with Crippen LogP contribution in [0.15, 0.2) is 29.4 Å². The Morgan fingerprint density at radius 3 is 2.55 bits per heavy atom. The van der Waals surface area contributed by atoms with Crippen molar-refractivity contribution in [3.8, 4) is 0 Å². The van der Waals surface area contributed by atoms with Gasteiger partial charge in [-0.25, -0.2) is 4.39 Å². The molecule has 9 heteroatoms. The van der Waals surface area contributed by atoms with Gasteiger partial charge in [0.15, 0.2) is 5.16 Å². The van der Waals surface area contributed by atoms with Crippen molar-refractivity contribution in [2.75, 3.05) is 23.8 Å². The van der Waals surface area contributed by atoms with Crippen molar-refractivity contribution in [1.29, 1.82) is 0 Å². The van der Waals surface area contributed by atoms with Crippen LogP contribution in [0.3, 0.4) is 0 Å². The number of nitrogens with one attached hydrogen (secondary N) is 1. The van der Waals surface area contributed by atoms with Crippen LogP contribution in [0.4, 0.5) is 16.3 Å². The predicted octanol–water partition coefficient (Wildman–Crippen LogP) is 0.626. The van der Waals surface area contributed by atoms with E-state index in [4.69, 9.17) is 11.5 Å². The average molecular weight is 322 g/mol. The van der Waals surface area contributed by atoms with Crippen LogP contribution in [0.1, 0.15) is 5.56 Å². The first-order valence-corrected chi connectivity index (χ1v) is 7.43. The number of carbonyl (C=O) groups excluding carboxylic acids is 1. The van der Waals surface area contributed by atoms with E-state index >= 15 is 0 Å². The quantitative estimate of drug-likeness (QED) is 0.667. The summed E-state index contributed by atoms with van der Waals surface area (Å²) in [4.78, 5) is 23.0. The zero-order valence-corrected chi connectivity index (χ0v) is 12.4. The first-order chi connectivity index (χ1) is 10.5. The Morgan fingerprint density at radius 1 is 1.18 bits per heavy atom. The number of rotatable bonds is 6. The van der Waals surface area contributed by atoms with E-state index < -0.39 is 0 Å². The fourth-order valence-corrected chi connectivity index (χ4v) is 2.35. The summed E-state index contributed by atoms with van der Waals surface area (Å²) in [5, 5.41) is 2.98. The fourth-order valence-electron chi connectivity index (χ4n) is 1.67. The average Bonchev–Trinajstić information content (AvgIpc) is 2.46. The van der Waals surface area contributed by atoms with Crippen LogP contribution in [0, 0.1) is 5.82 Å². The van der Waals surface area contributed by atoms with Gasteiger partial charge < -0.3 is 16.8 Å². The zero-order valence-electron chi connectivity index (χ0n) is 11.6. The highest BCUT2D eigenvalue weighted by atomic mass is 32.2. The first kappa shape index (κ1) is 16.0. The van der Waals surface area contributed by atoms with Gasteiger partial charge in [-0.15, -0.1) is 0 Å². The number of nitrogen functional groups attached to an aromatic ring is 2. The second kappa shape index (κ2) is 7.55. The Hall–Kier alpha value is -2.42. The Balaban J connectivity index is 1.75. The lowest BCUT2D eigenvalue weighted by atomic mass is 10.1. The van der Waals surface area contributed by atoms with Crippen LogP contribution in [0.25, 0.3) is 0 Å². The second-order valence-electron chi connectivity index (χ2n) is 4.31. The third kappa shape index (κ3) is 4.85. The molecule has 0 fully saturated rings. The van der Waals surface area contributed by atoms with Crippen LogP contribution in [-0.4, -0.2) is 33.2 Å². The highest BCUT2D eigenvalue weighted by molar-refractivity contribution is 7.99. The third-order valence-corrected chi connectivity index (χ3v) is 3.50. The number of aromatic nitrogens is 3. The molecule has 5 N–H and O–H groups in total. The van der Waals surface area contributed by atoms with E-state index in [-0.39, 0.29) is 34.5 Å². The lowest BCUT2D eigenvalue weighted by Gasteiger charge is -2.06. The highest BCUT2D eigenvalue weighted by Gasteiger charge is 2.07. The number of nitrogens with two attached hydrogens (primary N) is 2. The number of hydrogen-bond donors (Lipinski definition) is 3. The van der Waals surface area contributed by atoms with Crippen molar-refractivity contribution >= 4 is 29.6 Å². The Labute approximate surface area is 130 Å². The maximum atomic E-state index is 13.4. The van der Waals surface area contributed by atoms with Crippen molar-refractivity contribution in [2.24, 2.45) is 0 Å². The van der Waals surface area contributed by atoms with Crippen LogP contribution in [-0.2, 0) is 11.2 Å². The molecular formula is C13H15FN6OS. The number of anilines is 2. The van der Waals surface area contributed by atoms with Crippen LogP contribution >= 0.6 is 11.8 Å². The normalized spacial score (nSPS) is 10.4. The summed E-state index contributed by atoms with van der Waals surface area (Å²) in [5.41, 5.74) is 11.4. The lowest BCUT2D eigenvalue weighted by Crippen LogP contribution is -2.27. The summed E-state index contributed by atoms with van der Waals surface area (Å²) in [5.74, 6) is -0.355. The monoisotopic (exact) mass is 322 g/mol. The molecule has 0 radical (unpaired) electrons. The van der Waals surface area contributed by atoms with Crippen LogP contribution < -0.4 is 16.8 Å². The molecule has 0 atom stereocenters. The SMILES string of the molecule is Nc1nc(N)nc(SCC(=O)NCCc2ccccc2F)n1. The molecule has 0 bridgehead atoms. The summed E-state index contributed by atoms with van der Waals surface area (Å²) in [6.45, 7) is 0.349. The van der Waals surface area contributed by atoms with Crippen molar-refractivity contribution < 1.29 is 9.18 Å². The van der Waals surface area contributed by atoms with E-state index in [0.29, 0.717) is 18.5 Å². The minimum absolute atomic E-state index is 0.00922. The predicted molar refractivity (Wildman–Crippen MR) is 82.5 cm³/mol. The molecule has 0 unspecified atom stereocenters. The lowest BCUT2D eigenvalue weighted by molar-refractivity contribution is -0.118. The minimum Gasteiger partial charge on any atom is -0.368 e. The zero-order chi connectivity index (χ0) is 15.9. The molecule has 1 aromatic heterocycles. The maximum absolute atomic E-state index is 13.4. The third-order valence-electron chi connectivity index (χ3n) is 2.66. The molecule has 0 spiro atoms. The Morgan fingerprint density at radius 2 is 1.86 bits per heavy atom. The molecule has 0 aliphatic rings. The molecule has 2 aromatic rings. The topological polar surface area (TPSA) is 120 Å². The Bertz CT molecular complexity index is 648. The van der Waals surface area contributed by atoms with Gasteiger partial charge >= 0.3 is 0 Å². The van der Waals surface area contributed by atoms with E-state index in [1.165, 1.54) is 6.07 Å². The molecular weight excluding hydrogens is 307 g/mol. The number of halogens is 1. The second-order valence-corrected chi connectivity index (χ2v) is 5.26. The largest absolute Gasteiger partial charge is 0.368 e. The molecule has 0 saturated carbocycles. The smallest absolute Gasteiger partial charge is 0.230 e. The molecule has 0 aliphatic carbocycles. The van der Waals surface area contributed by atoms with Crippen molar-refractivity contribution in [3.05, 3.63) is 35.6 Å². The molecule has 2 rings (SSSR count). The number of thioether (sulfide) groups is 1. The van der Waals surface area contributed by atoms with E-state index in [1.54, 1.807) is 18.2 Å². The first-order valence-electron chi connectivity index (χ1n) is 6.44. The Kier molecular flexibility index (Phi) is 5.48. The van der Waals surface area contributed by atoms with Gasteiger partial charge in [-0.05, 0) is 18.1 Å². The van der Waals surface area contributed by atoms with E-state index in [0.717, 1.165) is 11.8 Å². The number of hydrogen-bond acceptors (Lipinski definition) is 7. The maximum Gasteiger partial charge on any atom is 0.230 e. The number of carbonyl (C=O) groups is 1. The van der Waals surface area contributed by atoms with E-state index in [9.17, 15) is 9.18 Å². The summed E-state index contributed by atoms with van der Waals surface area (Å²) in [7, 11) is 0. The molecule has 7 nitrogen and oxygen atoms in total. The van der Waals surface area contributed by atoms with Gasteiger partial charge in [-0.3, -0.25) is 4.79 Å². The van der Waals surface area contributed by atoms with Gasteiger partial charge in [0, 0.05) is 6.54 Å². The molecule has 0 aliphatic heterocycles. The fraction of sp³-hybridized carbons (Fsp3) is 0.231. The number of nitrogens with zero attached hydrogens (tertiary/aromatic N) is 3. The van der Waals surface area contributed by atoms with Crippen LogP contribution in [0.5, 0.6) is 0 Å². The van der Waals surface area contributed by atoms with E-state index in [1.807, 2.05) is 0 Å².